The van der Waals surface area contributed by atoms with E-state index < -0.39 is 5.54 Å². The van der Waals surface area contributed by atoms with Gasteiger partial charge in [-0.25, -0.2) is 0 Å². The van der Waals surface area contributed by atoms with Crippen molar-refractivity contribution in [3.63, 3.8) is 0 Å². The molecule has 1 fully saturated rings. The summed E-state index contributed by atoms with van der Waals surface area (Å²) in [5.74, 6) is -0.0318. The van der Waals surface area contributed by atoms with Crippen molar-refractivity contribution in [2.45, 2.75) is 18.4 Å². The number of rotatable bonds is 3. The van der Waals surface area contributed by atoms with Crippen LogP contribution in [0.1, 0.15) is 12.8 Å². The average Bonchev–Trinajstić information content (AvgIpc) is 3.04. The van der Waals surface area contributed by atoms with E-state index in [1.807, 2.05) is 18.3 Å². The largest absolute Gasteiger partial charge is 0.323 e. The third-order valence-corrected chi connectivity index (χ3v) is 3.72. The zero-order valence-electron chi connectivity index (χ0n) is 11.9. The van der Waals surface area contributed by atoms with E-state index in [1.165, 1.54) is 0 Å². The molecule has 1 aliphatic rings. The van der Waals surface area contributed by atoms with E-state index in [1.54, 1.807) is 29.3 Å². The van der Waals surface area contributed by atoms with Crippen molar-refractivity contribution >= 4 is 36.4 Å². The highest BCUT2D eigenvalue weighted by Crippen LogP contribution is 2.28. The number of hydrogen-bond acceptors (Lipinski definition) is 4. The van der Waals surface area contributed by atoms with Gasteiger partial charge in [-0.05, 0) is 44.1 Å². The van der Waals surface area contributed by atoms with Crippen molar-refractivity contribution < 1.29 is 4.79 Å². The van der Waals surface area contributed by atoms with Crippen molar-refractivity contribution in [1.29, 1.82) is 0 Å². The fourth-order valence-electron chi connectivity index (χ4n) is 2.61. The molecule has 0 radical (unpaired) electrons. The third-order valence-electron chi connectivity index (χ3n) is 3.72. The van der Waals surface area contributed by atoms with E-state index in [4.69, 9.17) is 0 Å². The van der Waals surface area contributed by atoms with E-state index in [0.717, 1.165) is 25.9 Å². The lowest BCUT2D eigenvalue weighted by molar-refractivity contribution is -0.126. The Bertz CT molecular complexity index is 570. The van der Waals surface area contributed by atoms with Gasteiger partial charge in [0.15, 0.2) is 0 Å². The molecule has 0 unspecified atom stereocenters. The van der Waals surface area contributed by atoms with Gasteiger partial charge in [0.25, 0.3) is 5.91 Å². The molecular formula is C14H19Cl2N5O. The smallest absolute Gasteiger partial charge is 0.252 e. The second-order valence-electron chi connectivity index (χ2n) is 4.93. The zero-order valence-corrected chi connectivity index (χ0v) is 13.6. The maximum absolute atomic E-state index is 12.8. The van der Waals surface area contributed by atoms with Gasteiger partial charge in [-0.1, -0.05) is 0 Å². The topological polar surface area (TPSA) is 71.8 Å². The minimum Gasteiger partial charge on any atom is -0.323 e. The molecule has 0 spiro atoms. The molecule has 0 saturated carbocycles. The van der Waals surface area contributed by atoms with Gasteiger partial charge in [-0.15, -0.1) is 24.8 Å². The minimum absolute atomic E-state index is 0. The van der Waals surface area contributed by atoms with Gasteiger partial charge in [0.1, 0.15) is 5.54 Å². The van der Waals surface area contributed by atoms with Crippen molar-refractivity contribution in [3.05, 3.63) is 43.0 Å². The molecule has 3 rings (SSSR count). The molecule has 22 heavy (non-hydrogen) atoms. The van der Waals surface area contributed by atoms with Crippen LogP contribution in [0.15, 0.2) is 43.0 Å². The van der Waals surface area contributed by atoms with Gasteiger partial charge in [-0.2, -0.15) is 5.10 Å². The lowest BCUT2D eigenvalue weighted by Gasteiger charge is -2.36. The standard InChI is InChI=1S/C14H17N5O.2ClH/c20-13(18-12-3-1-6-16-11-12)14(4-8-15-9-5-14)19-10-2-7-17-19;;/h1-3,6-7,10-11,15H,4-5,8-9H2,(H,18,20);2*1H. The summed E-state index contributed by atoms with van der Waals surface area (Å²) in [5.41, 5.74) is 0.0903. The Morgan fingerprint density at radius 2 is 2.00 bits per heavy atom. The number of piperidine rings is 1. The van der Waals surface area contributed by atoms with Gasteiger partial charge in [0, 0.05) is 18.6 Å². The number of pyridine rings is 1. The van der Waals surface area contributed by atoms with Crippen LogP contribution < -0.4 is 10.6 Å². The summed E-state index contributed by atoms with van der Waals surface area (Å²) >= 11 is 0. The molecule has 120 valence electrons. The molecule has 2 aromatic heterocycles. The Kier molecular flexibility index (Phi) is 6.80. The SMILES string of the molecule is Cl.Cl.O=C(Nc1cccnc1)C1(n2cccn2)CCNCC1. The van der Waals surface area contributed by atoms with Crippen LogP contribution in [0.2, 0.25) is 0 Å². The third kappa shape index (κ3) is 3.58. The number of amides is 1. The number of aromatic nitrogens is 3. The number of anilines is 1. The first-order valence-electron chi connectivity index (χ1n) is 6.74. The Morgan fingerprint density at radius 3 is 2.59 bits per heavy atom. The lowest BCUT2D eigenvalue weighted by Crippen LogP contribution is -2.52. The second-order valence-corrected chi connectivity index (χ2v) is 4.93. The second kappa shape index (κ2) is 8.12. The monoisotopic (exact) mass is 343 g/mol. The molecule has 1 amide bonds. The summed E-state index contributed by atoms with van der Waals surface area (Å²) < 4.78 is 1.78. The molecule has 8 heteroatoms. The van der Waals surface area contributed by atoms with Crippen molar-refractivity contribution in [2.75, 3.05) is 18.4 Å². The van der Waals surface area contributed by atoms with Crippen molar-refractivity contribution in [2.24, 2.45) is 0 Å². The van der Waals surface area contributed by atoms with Gasteiger partial charge < -0.3 is 10.6 Å². The van der Waals surface area contributed by atoms with Crippen LogP contribution in [-0.2, 0) is 10.3 Å². The number of carbonyl (C=O) groups is 1. The maximum Gasteiger partial charge on any atom is 0.252 e. The Labute approximate surface area is 141 Å². The molecule has 1 saturated heterocycles. The predicted octanol–water partition coefficient (Wildman–Crippen LogP) is 1.84. The number of nitrogens with zero attached hydrogens (tertiary/aromatic N) is 3. The molecule has 2 aromatic rings. The summed E-state index contributed by atoms with van der Waals surface area (Å²) in [5, 5.41) is 10.5. The van der Waals surface area contributed by atoms with E-state index >= 15 is 0 Å². The molecule has 6 nitrogen and oxygen atoms in total. The molecule has 0 bridgehead atoms. The molecule has 2 N–H and O–H groups in total. The first kappa shape index (κ1) is 18.4. The summed E-state index contributed by atoms with van der Waals surface area (Å²) in [7, 11) is 0. The van der Waals surface area contributed by atoms with Crippen LogP contribution in [0.4, 0.5) is 5.69 Å². The molecule has 3 heterocycles. The number of hydrogen-bond donors (Lipinski definition) is 2. The molecule has 0 aliphatic carbocycles. The fourth-order valence-corrected chi connectivity index (χ4v) is 2.61. The highest BCUT2D eigenvalue weighted by Gasteiger charge is 2.41. The van der Waals surface area contributed by atoms with Gasteiger partial charge >= 0.3 is 0 Å². The zero-order chi connectivity index (χ0) is 13.8. The maximum atomic E-state index is 12.8. The first-order valence-corrected chi connectivity index (χ1v) is 6.74. The first-order chi connectivity index (χ1) is 9.81. The van der Waals surface area contributed by atoms with Crippen LogP contribution >= 0.6 is 24.8 Å². The lowest BCUT2D eigenvalue weighted by atomic mass is 9.87. The summed E-state index contributed by atoms with van der Waals surface area (Å²) in [6.45, 7) is 1.61. The summed E-state index contributed by atoms with van der Waals surface area (Å²) in [6.07, 6.45) is 8.34. The average molecular weight is 344 g/mol. The molecule has 1 aliphatic heterocycles. The van der Waals surface area contributed by atoms with Crippen LogP contribution in [-0.4, -0.2) is 33.8 Å². The van der Waals surface area contributed by atoms with Gasteiger partial charge in [0.05, 0.1) is 11.9 Å². The van der Waals surface area contributed by atoms with Crippen LogP contribution in [0.3, 0.4) is 0 Å². The number of carbonyl (C=O) groups excluding carboxylic acids is 1. The molecule has 0 atom stereocenters. The van der Waals surface area contributed by atoms with Crippen LogP contribution in [0, 0.1) is 0 Å². The van der Waals surface area contributed by atoms with E-state index in [9.17, 15) is 4.79 Å². The Balaban J connectivity index is 0.00000121. The summed E-state index contributed by atoms with van der Waals surface area (Å²) in [6, 6.07) is 5.49. The highest BCUT2D eigenvalue weighted by molar-refractivity contribution is 5.96. The highest BCUT2D eigenvalue weighted by atomic mass is 35.5. The minimum atomic E-state index is -0.620. The quantitative estimate of drug-likeness (QED) is 0.891. The van der Waals surface area contributed by atoms with Crippen molar-refractivity contribution in [1.82, 2.24) is 20.1 Å². The van der Waals surface area contributed by atoms with E-state index in [-0.39, 0.29) is 30.7 Å². The normalized spacial score (nSPS) is 16.0. The molecule has 0 aromatic carbocycles. The Morgan fingerprint density at radius 1 is 1.23 bits per heavy atom. The molecular weight excluding hydrogens is 325 g/mol. The van der Waals surface area contributed by atoms with Gasteiger partial charge in [0.2, 0.25) is 0 Å². The van der Waals surface area contributed by atoms with Gasteiger partial charge in [-0.3, -0.25) is 14.5 Å². The fraction of sp³-hybridized carbons (Fsp3) is 0.357. The predicted molar refractivity (Wildman–Crippen MR) is 89.7 cm³/mol. The number of nitrogens with one attached hydrogen (secondary N) is 2. The summed E-state index contributed by atoms with van der Waals surface area (Å²) in [4.78, 5) is 16.8. The van der Waals surface area contributed by atoms with Crippen molar-refractivity contribution in [3.8, 4) is 0 Å². The number of halogens is 2. The van der Waals surface area contributed by atoms with Crippen LogP contribution in [0.25, 0.3) is 0 Å². The van der Waals surface area contributed by atoms with Crippen LogP contribution in [0.5, 0.6) is 0 Å². The van der Waals surface area contributed by atoms with E-state index in [0.29, 0.717) is 5.69 Å². The Hall–Kier alpha value is -1.63. The van der Waals surface area contributed by atoms with E-state index in [2.05, 4.69) is 20.7 Å².